The van der Waals surface area contributed by atoms with Crippen molar-refractivity contribution >= 4 is 35.5 Å². The number of nitrogens with one attached hydrogen (secondary N) is 2. The van der Waals surface area contributed by atoms with Gasteiger partial charge in [0.15, 0.2) is 0 Å². The zero-order valence-electron chi connectivity index (χ0n) is 17.2. The Morgan fingerprint density at radius 1 is 1.13 bits per heavy atom. The minimum Gasteiger partial charge on any atom is -0.480 e. The Kier molecular flexibility index (Phi) is 11.7. The lowest BCUT2D eigenvalue weighted by Crippen LogP contribution is -2.55. The van der Waals surface area contributed by atoms with Crippen molar-refractivity contribution in [2.45, 2.75) is 56.3 Å². The molecule has 30 heavy (non-hydrogen) atoms. The molecular formula is C18H33N5O6S. The van der Waals surface area contributed by atoms with Gasteiger partial charge >= 0.3 is 5.97 Å². The standard InChI is InChI=1S/C18H33N5O6S/c1-30-7-5-12(16(26)22-13(18(28)29)4-2-3-6-19)21-17(27)14-8-11(24)10-23(14)15(25)9-20/h11-14,24H,2-10,19-20H2,1H3,(H,21,27)(H,22,26)(H,28,29)/t11-,12+,13+,14+/m1/s1. The third-order valence-electron chi connectivity index (χ3n) is 4.88. The smallest absolute Gasteiger partial charge is 0.326 e. The van der Waals surface area contributed by atoms with E-state index in [1.165, 1.54) is 16.7 Å². The Hall–Kier alpha value is -1.89. The van der Waals surface area contributed by atoms with Crippen molar-refractivity contribution in [2.24, 2.45) is 11.5 Å². The van der Waals surface area contributed by atoms with Crippen LogP contribution in [0.3, 0.4) is 0 Å². The fourth-order valence-corrected chi connectivity index (χ4v) is 3.72. The van der Waals surface area contributed by atoms with Crippen LogP contribution in [0.25, 0.3) is 0 Å². The summed E-state index contributed by atoms with van der Waals surface area (Å²) >= 11 is 1.48. The van der Waals surface area contributed by atoms with Gasteiger partial charge in [-0.3, -0.25) is 14.4 Å². The van der Waals surface area contributed by atoms with Crippen LogP contribution in [-0.2, 0) is 19.2 Å². The van der Waals surface area contributed by atoms with Crippen LogP contribution in [-0.4, -0.2) is 94.7 Å². The number of aliphatic carboxylic acids is 1. The van der Waals surface area contributed by atoms with Crippen molar-refractivity contribution < 1.29 is 29.4 Å². The van der Waals surface area contributed by atoms with E-state index in [-0.39, 0.29) is 32.4 Å². The number of carboxylic acid groups (broad SMARTS) is 1. The first kappa shape index (κ1) is 26.1. The Bertz CT molecular complexity index is 608. The molecule has 0 saturated carbocycles. The van der Waals surface area contributed by atoms with Gasteiger partial charge in [0, 0.05) is 13.0 Å². The van der Waals surface area contributed by atoms with Crippen molar-refractivity contribution in [2.75, 3.05) is 31.6 Å². The summed E-state index contributed by atoms with van der Waals surface area (Å²) in [4.78, 5) is 50.1. The number of carbonyl (C=O) groups is 4. The predicted octanol–water partition coefficient (Wildman–Crippen LogP) is -2.16. The molecule has 12 heteroatoms. The molecule has 0 aliphatic carbocycles. The van der Waals surface area contributed by atoms with E-state index in [0.29, 0.717) is 25.1 Å². The first-order valence-electron chi connectivity index (χ1n) is 9.95. The Morgan fingerprint density at radius 2 is 1.83 bits per heavy atom. The van der Waals surface area contributed by atoms with Gasteiger partial charge in [0.1, 0.15) is 18.1 Å². The fraction of sp³-hybridized carbons (Fsp3) is 0.778. The van der Waals surface area contributed by atoms with E-state index in [0.717, 1.165) is 0 Å². The third kappa shape index (κ3) is 8.09. The molecule has 3 amide bonds. The minimum absolute atomic E-state index is 0.00196. The monoisotopic (exact) mass is 447 g/mol. The Morgan fingerprint density at radius 3 is 2.40 bits per heavy atom. The van der Waals surface area contributed by atoms with Crippen LogP contribution in [0.1, 0.15) is 32.1 Å². The number of unbranched alkanes of at least 4 members (excludes halogenated alkanes) is 1. The molecule has 0 aromatic carbocycles. The molecule has 1 heterocycles. The number of carboxylic acids is 1. The summed E-state index contributed by atoms with van der Waals surface area (Å²) in [5, 5.41) is 24.3. The van der Waals surface area contributed by atoms with E-state index in [4.69, 9.17) is 11.5 Å². The van der Waals surface area contributed by atoms with Crippen LogP contribution in [0.5, 0.6) is 0 Å². The number of β-amino-alcohol motifs (C(OH)–C–C–N with tert-alkyl or cyclic N) is 1. The largest absolute Gasteiger partial charge is 0.480 e. The first-order valence-corrected chi connectivity index (χ1v) is 11.3. The number of aliphatic hydroxyl groups excluding tert-OH is 1. The molecule has 172 valence electrons. The maximum Gasteiger partial charge on any atom is 0.326 e. The molecule has 8 N–H and O–H groups in total. The van der Waals surface area contributed by atoms with Crippen molar-refractivity contribution in [1.82, 2.24) is 15.5 Å². The third-order valence-corrected chi connectivity index (χ3v) is 5.53. The number of amides is 3. The first-order chi connectivity index (χ1) is 14.2. The van der Waals surface area contributed by atoms with Gasteiger partial charge in [0.2, 0.25) is 17.7 Å². The average Bonchev–Trinajstić information content (AvgIpc) is 3.11. The lowest BCUT2D eigenvalue weighted by molar-refractivity contribution is -0.143. The Labute approximate surface area is 180 Å². The number of nitrogens with zero attached hydrogens (tertiary/aromatic N) is 1. The second-order valence-corrected chi connectivity index (χ2v) is 8.17. The maximum atomic E-state index is 12.8. The molecule has 4 atom stereocenters. The van der Waals surface area contributed by atoms with Crippen molar-refractivity contribution in [3.8, 4) is 0 Å². The molecule has 0 unspecified atom stereocenters. The Balaban J connectivity index is 2.84. The molecule has 1 saturated heterocycles. The highest BCUT2D eigenvalue weighted by molar-refractivity contribution is 7.98. The molecule has 0 bridgehead atoms. The molecule has 1 rings (SSSR count). The number of nitrogens with two attached hydrogens (primary N) is 2. The van der Waals surface area contributed by atoms with Crippen molar-refractivity contribution in [1.29, 1.82) is 0 Å². The molecule has 11 nitrogen and oxygen atoms in total. The van der Waals surface area contributed by atoms with Crippen molar-refractivity contribution in [3.63, 3.8) is 0 Å². The topological polar surface area (TPSA) is 188 Å². The van der Waals surface area contributed by atoms with Crippen molar-refractivity contribution in [3.05, 3.63) is 0 Å². The van der Waals surface area contributed by atoms with E-state index in [9.17, 15) is 29.4 Å². The number of rotatable bonds is 13. The highest BCUT2D eigenvalue weighted by Crippen LogP contribution is 2.18. The summed E-state index contributed by atoms with van der Waals surface area (Å²) in [6.45, 7) is 0.131. The van der Waals surface area contributed by atoms with E-state index >= 15 is 0 Å². The second kappa shape index (κ2) is 13.4. The normalized spacial score (nSPS) is 20.5. The van der Waals surface area contributed by atoms with Crippen LogP contribution in [0.2, 0.25) is 0 Å². The lowest BCUT2D eigenvalue weighted by Gasteiger charge is -2.26. The molecule has 0 aromatic rings. The van der Waals surface area contributed by atoms with Gasteiger partial charge < -0.3 is 37.2 Å². The highest BCUT2D eigenvalue weighted by Gasteiger charge is 2.39. The number of likely N-dealkylation sites (tertiary alicyclic amines) is 1. The maximum absolute atomic E-state index is 12.8. The average molecular weight is 448 g/mol. The quantitative estimate of drug-likeness (QED) is 0.171. The molecule has 1 aliphatic heterocycles. The van der Waals surface area contributed by atoms with Crippen LogP contribution < -0.4 is 22.1 Å². The van der Waals surface area contributed by atoms with Crippen LogP contribution in [0, 0.1) is 0 Å². The minimum atomic E-state index is -1.16. The number of hydrogen-bond acceptors (Lipinski definition) is 8. The summed E-state index contributed by atoms with van der Waals surface area (Å²) in [6.07, 6.45) is 2.74. The zero-order valence-corrected chi connectivity index (χ0v) is 18.0. The molecule has 0 radical (unpaired) electrons. The van der Waals surface area contributed by atoms with Gasteiger partial charge in [-0.2, -0.15) is 11.8 Å². The number of carbonyl (C=O) groups excluding carboxylic acids is 3. The van der Waals surface area contributed by atoms with Gasteiger partial charge in [-0.05, 0) is 44.2 Å². The highest BCUT2D eigenvalue weighted by atomic mass is 32.2. The van der Waals surface area contributed by atoms with Gasteiger partial charge in [-0.25, -0.2) is 4.79 Å². The van der Waals surface area contributed by atoms with Gasteiger partial charge in [0.25, 0.3) is 0 Å². The van der Waals surface area contributed by atoms with E-state index in [1.54, 1.807) is 0 Å². The van der Waals surface area contributed by atoms with Gasteiger partial charge in [-0.15, -0.1) is 0 Å². The summed E-state index contributed by atoms with van der Waals surface area (Å²) in [5.41, 5.74) is 10.8. The molecule has 0 aromatic heterocycles. The number of thioether (sulfide) groups is 1. The van der Waals surface area contributed by atoms with Crippen LogP contribution in [0.15, 0.2) is 0 Å². The van der Waals surface area contributed by atoms with Crippen LogP contribution >= 0.6 is 11.8 Å². The predicted molar refractivity (Wildman–Crippen MR) is 113 cm³/mol. The molecule has 0 spiro atoms. The summed E-state index contributed by atoms with van der Waals surface area (Å²) in [5.74, 6) is -2.25. The van der Waals surface area contributed by atoms with E-state index < -0.39 is 47.9 Å². The summed E-state index contributed by atoms with van der Waals surface area (Å²) < 4.78 is 0. The molecule has 1 aliphatic rings. The second-order valence-electron chi connectivity index (χ2n) is 7.18. The SMILES string of the molecule is CSCC[C@H](NC(=O)[C@@H]1C[C@@H](O)CN1C(=O)CN)C(=O)N[C@@H](CCCCN)C(=O)O. The number of hydrogen-bond donors (Lipinski definition) is 6. The molecule has 1 fully saturated rings. The fourth-order valence-electron chi connectivity index (χ4n) is 3.25. The van der Waals surface area contributed by atoms with Gasteiger partial charge in [-0.1, -0.05) is 0 Å². The summed E-state index contributed by atoms with van der Waals surface area (Å²) in [6, 6.07) is -2.98. The number of aliphatic hydroxyl groups is 1. The van der Waals surface area contributed by atoms with Gasteiger partial charge in [0.05, 0.1) is 12.6 Å². The summed E-state index contributed by atoms with van der Waals surface area (Å²) in [7, 11) is 0. The van der Waals surface area contributed by atoms with E-state index in [1.807, 2.05) is 6.26 Å². The van der Waals surface area contributed by atoms with Crippen LogP contribution in [0.4, 0.5) is 0 Å². The lowest BCUT2D eigenvalue weighted by atomic mass is 10.1. The van der Waals surface area contributed by atoms with E-state index in [2.05, 4.69) is 10.6 Å². The zero-order chi connectivity index (χ0) is 22.7. The molecular weight excluding hydrogens is 414 g/mol.